The lowest BCUT2D eigenvalue weighted by Crippen LogP contribution is -2.84. The Bertz CT molecular complexity index is 7990. The van der Waals surface area contributed by atoms with E-state index in [9.17, 15) is 0 Å². The molecule has 1 aromatic heterocycles. The number of aromatic nitrogens is 2. The highest BCUT2D eigenvalue weighted by molar-refractivity contribution is 6.81. The topological polar surface area (TPSA) is 44.2 Å². The van der Waals surface area contributed by atoms with Crippen LogP contribution in [0.2, 0.25) is 0 Å². The molecular formula is C78H18N2O2. The highest BCUT2D eigenvalue weighted by Crippen LogP contribution is 3.02. The third kappa shape index (κ3) is 1.55. The van der Waals surface area contributed by atoms with E-state index in [4.69, 9.17) is 19.4 Å². The summed E-state index contributed by atoms with van der Waals surface area (Å²) < 4.78 is 18.3. The highest BCUT2D eigenvalue weighted by atomic mass is 16.6. The molecule has 5 heterocycles. The number of benzene rings is 18. The van der Waals surface area contributed by atoms with Gasteiger partial charge in [-0.3, -0.25) is 0 Å². The van der Waals surface area contributed by atoms with Crippen LogP contribution in [0.3, 0.4) is 0 Å². The Morgan fingerprint density at radius 3 is 0.744 bits per heavy atom. The molecule has 0 amide bonds. The Morgan fingerprint density at radius 1 is 0.256 bits per heavy atom. The van der Waals surface area contributed by atoms with Gasteiger partial charge in [-0.1, -0.05) is 12.1 Å². The number of rotatable bonds is 0. The zero-order valence-electron chi connectivity index (χ0n) is 42.8. The zero-order chi connectivity index (χ0) is 49.1. The van der Waals surface area contributed by atoms with Gasteiger partial charge in [-0.25, -0.2) is 9.97 Å². The molecule has 4 nitrogen and oxygen atoms in total. The van der Waals surface area contributed by atoms with E-state index in [1.54, 1.807) is 303 Å². The van der Waals surface area contributed by atoms with Gasteiger partial charge < -0.3 is 9.47 Å². The molecule has 39 rings (SSSR count). The summed E-state index contributed by atoms with van der Waals surface area (Å²) in [6.45, 7) is 5.43. The standard InChI is InChI=1S/C78H18N2O2/c1-71-7-9-73(81-71)69-70(80-12-6-4-3-5-11(12)79-69)74-10-8-72(2,82-74)76-64-55-48-40-31-23-16-14-13-15-17-18(16)25-29(23)42(48)50-44-33(25)32-24(17)28-22(15)30-26-19(13)21-20(14)27(31)36-38-34(21)37-35(26)45-39(30)47-41(28)49-43(32)53(44)62-65-58(49)54(47)63-56(45)60-51(37)52(38)61(57(64)46(36)40)68(76)67(60)75(63,71)77(65,73)78(74,76)66(62)59(50)55/h3-6H,7-10H2,1-2H3/t71-,72+,73-,74+,75?,76?,77?,78?. The molecule has 352 valence electrons. The molecule has 4 heteroatoms. The lowest BCUT2D eigenvalue weighted by Gasteiger charge is -2.76. The third-order valence-corrected chi connectivity index (χ3v) is 32.0. The van der Waals surface area contributed by atoms with Gasteiger partial charge in [0, 0.05) is 0 Å². The van der Waals surface area contributed by atoms with Crippen molar-refractivity contribution in [3.63, 3.8) is 0 Å². The average molecular weight is 1020 g/mol. The van der Waals surface area contributed by atoms with Crippen molar-refractivity contribution in [3.05, 3.63) is 69.0 Å². The van der Waals surface area contributed by atoms with Crippen LogP contribution < -0.4 is 0 Å². The Hall–Kier alpha value is -8.80. The predicted octanol–water partition coefficient (Wildman–Crippen LogP) is 18.4. The van der Waals surface area contributed by atoms with Crippen LogP contribution in [0.4, 0.5) is 0 Å². The SMILES string of the molecule is C[C@]12CC[C@@]3(O1)c1nc4ccccc4nc1[C@]14CC[C@](C)(O1)C15c6c7c8c9c%10c%11c%12c%13c%14c(c%15c%16c1c1c6c6c8c8c%17c9c9c%11c%11c%12c%12c%14c%14c%15c%15c%16c%16c1c1c6c8c6c8c%17c9c9c%11c%11c%12c%14c%12c%15c%14c%16c1c6c1c%14c%12c%11c9c81)C54C%133C7%102. The molecule has 0 radical (unpaired) electrons. The Labute approximate surface area is 449 Å². The van der Waals surface area contributed by atoms with Gasteiger partial charge in [-0.2, -0.15) is 0 Å². The van der Waals surface area contributed by atoms with E-state index in [-0.39, 0.29) is 0 Å². The first kappa shape index (κ1) is 31.4. The van der Waals surface area contributed by atoms with Crippen LogP contribution in [0.1, 0.15) is 84.3 Å². The Balaban J connectivity index is 1.08. The molecule has 4 aliphatic heterocycles. The summed E-state index contributed by atoms with van der Waals surface area (Å²) in [7, 11) is 0. The van der Waals surface area contributed by atoms with Crippen molar-refractivity contribution in [1.29, 1.82) is 0 Å². The molecule has 0 saturated carbocycles. The molecule has 4 unspecified atom stereocenters. The minimum absolute atomic E-state index is 0.545. The maximum Gasteiger partial charge on any atom is 0.125 e. The number of fused-ring (bicyclic) bond motifs is 4. The maximum absolute atomic E-state index is 9.15. The van der Waals surface area contributed by atoms with Crippen LogP contribution in [0, 0.1) is 0 Å². The molecule has 6 spiro atoms. The van der Waals surface area contributed by atoms with E-state index >= 15 is 0 Å². The summed E-state index contributed by atoms with van der Waals surface area (Å²) in [4.78, 5) is 12.6. The molecule has 0 N–H and O–H groups in total. The van der Waals surface area contributed by atoms with Gasteiger partial charge in [0.2, 0.25) is 0 Å². The van der Waals surface area contributed by atoms with Gasteiger partial charge in [0.1, 0.15) is 11.2 Å². The van der Waals surface area contributed by atoms with Crippen molar-refractivity contribution in [1.82, 2.24) is 9.97 Å². The van der Waals surface area contributed by atoms with Crippen molar-refractivity contribution in [2.75, 3.05) is 0 Å². The molecule has 28 aromatic rings. The minimum atomic E-state index is -0.794. The highest BCUT2D eigenvalue weighted by Gasteiger charge is 3.05. The quantitative estimate of drug-likeness (QED) is 0.142. The number of ether oxygens (including phenoxy) is 2. The molecule has 8 atom stereocenters. The van der Waals surface area contributed by atoms with E-state index in [0.29, 0.717) is 0 Å². The molecule has 11 aliphatic rings. The number of hydrogen-bond donors (Lipinski definition) is 0. The Morgan fingerprint density at radius 2 is 0.476 bits per heavy atom. The van der Waals surface area contributed by atoms with Crippen LogP contribution in [-0.2, 0) is 42.3 Å². The fraction of sp³-hybridized carbons (Fsp3) is 0.179. The Kier molecular flexibility index (Phi) is 2.62. The first-order chi connectivity index (χ1) is 40.5. The van der Waals surface area contributed by atoms with Crippen LogP contribution in [0.5, 0.6) is 0 Å². The lowest BCUT2D eigenvalue weighted by molar-refractivity contribution is -0.149. The van der Waals surface area contributed by atoms with E-state index in [1.165, 1.54) is 0 Å². The smallest absolute Gasteiger partial charge is 0.125 e. The first-order valence-electron chi connectivity index (χ1n) is 31.2. The van der Waals surface area contributed by atoms with Gasteiger partial charge in [-0.15, -0.1) is 0 Å². The fourth-order valence-corrected chi connectivity index (χ4v) is 32.6. The second-order valence-electron chi connectivity index (χ2n) is 31.7. The number of nitrogens with zero attached hydrogens (tertiary/aromatic N) is 2. The van der Waals surface area contributed by atoms with Crippen LogP contribution in [0.25, 0.3) is 280 Å². The third-order valence-electron chi connectivity index (χ3n) is 32.0. The van der Waals surface area contributed by atoms with Gasteiger partial charge in [0.25, 0.3) is 0 Å². The monoisotopic (exact) mass is 1010 g/mol. The van der Waals surface area contributed by atoms with Crippen molar-refractivity contribution < 1.29 is 9.47 Å². The van der Waals surface area contributed by atoms with Crippen LogP contribution >= 0.6 is 0 Å². The largest absolute Gasteiger partial charge is 0.360 e. The first-order valence-corrected chi connectivity index (χ1v) is 31.2. The molecular weight excluding hydrogens is 997 g/mol. The summed E-state index contributed by atoms with van der Waals surface area (Å²) in [5, 5.41) is 82.3. The van der Waals surface area contributed by atoms with Gasteiger partial charge >= 0.3 is 0 Å². The van der Waals surface area contributed by atoms with Crippen molar-refractivity contribution in [2.24, 2.45) is 0 Å². The number of hydrogen-bond acceptors (Lipinski definition) is 4. The predicted molar refractivity (Wildman–Crippen MR) is 329 cm³/mol. The van der Waals surface area contributed by atoms with E-state index < -0.39 is 44.1 Å². The summed E-state index contributed by atoms with van der Waals surface area (Å²) in [5.74, 6) is 0. The van der Waals surface area contributed by atoms with E-state index in [0.717, 1.165) is 48.1 Å². The van der Waals surface area contributed by atoms with Crippen LogP contribution in [0.15, 0.2) is 24.3 Å². The average Bonchev–Trinajstić information content (AvgIpc) is 1.32. The second-order valence-corrected chi connectivity index (χ2v) is 31.7. The van der Waals surface area contributed by atoms with Gasteiger partial charge in [0.15, 0.2) is 0 Å². The normalized spacial score (nSPS) is 34.3. The molecule has 82 heavy (non-hydrogen) atoms. The summed E-state index contributed by atoms with van der Waals surface area (Å²) in [5.41, 5.74) is 9.54. The van der Waals surface area contributed by atoms with Crippen molar-refractivity contribution in [2.45, 2.75) is 83.6 Å². The fourth-order valence-electron chi connectivity index (χ4n) is 32.6. The minimum Gasteiger partial charge on any atom is -0.360 e. The maximum atomic E-state index is 9.15. The van der Waals surface area contributed by atoms with E-state index in [1.807, 2.05) is 0 Å². The van der Waals surface area contributed by atoms with Gasteiger partial charge in [0.05, 0.1) is 55.3 Å². The molecule has 4 saturated heterocycles. The van der Waals surface area contributed by atoms with Gasteiger partial charge in [-0.05, 0) is 354 Å². The number of para-hydroxylation sites is 2. The molecule has 4 fully saturated rings. The second kappa shape index (κ2) is 6.85. The lowest BCUT2D eigenvalue weighted by atomic mass is 9.21. The molecule has 4 bridgehead atoms. The summed E-state index contributed by atoms with van der Waals surface area (Å²) in [6.07, 6.45) is 3.87. The molecule has 7 aliphatic carbocycles. The van der Waals surface area contributed by atoms with Crippen LogP contribution in [-0.4, -0.2) is 21.2 Å². The van der Waals surface area contributed by atoms with Crippen molar-refractivity contribution >= 4 is 280 Å². The van der Waals surface area contributed by atoms with Crippen molar-refractivity contribution in [3.8, 4) is 0 Å². The zero-order valence-corrected chi connectivity index (χ0v) is 42.8. The molecule has 27 aromatic carbocycles. The summed E-state index contributed by atoms with van der Waals surface area (Å²) in [6, 6.07) is 8.93. The summed E-state index contributed by atoms with van der Waals surface area (Å²) >= 11 is 0. The van der Waals surface area contributed by atoms with E-state index in [2.05, 4.69) is 38.1 Å².